The summed E-state index contributed by atoms with van der Waals surface area (Å²) in [6, 6.07) is 0. The van der Waals surface area contributed by atoms with Crippen molar-refractivity contribution in [2.24, 2.45) is 0 Å². The van der Waals surface area contributed by atoms with Gasteiger partial charge in [-0.2, -0.15) is 0 Å². The number of carbonyl (C=O) groups excluding carboxylic acids is 1. The van der Waals surface area contributed by atoms with Crippen molar-refractivity contribution in [3.63, 3.8) is 0 Å². The molecule has 1 rings (SSSR count). The highest BCUT2D eigenvalue weighted by atomic mass is 28.3. The highest BCUT2D eigenvalue weighted by Gasteiger charge is 2.34. The van der Waals surface area contributed by atoms with Crippen LogP contribution in [-0.4, -0.2) is 21.6 Å². The molecule has 0 unspecified atom stereocenters. The van der Waals surface area contributed by atoms with Crippen molar-refractivity contribution in [3.05, 3.63) is 10.8 Å². The van der Waals surface area contributed by atoms with Crippen molar-refractivity contribution in [2.45, 2.75) is 58.5 Å². The molecule has 0 heterocycles. The Kier molecular flexibility index (Phi) is 3.46. The summed E-state index contributed by atoms with van der Waals surface area (Å²) in [6.45, 7) is 13.6. The first-order valence-electron chi connectivity index (χ1n) is 5.91. The summed E-state index contributed by atoms with van der Waals surface area (Å²) in [5, 5.41) is 2.09. The SMILES string of the molecule is C[Si](C)(C)C(=O)C1=C([Si](C)(C)C)CCC1. The minimum atomic E-state index is -1.62. The molecule has 0 bridgehead atoms. The molecule has 1 nitrogen and oxygen atoms in total. The van der Waals surface area contributed by atoms with E-state index in [1.54, 1.807) is 5.20 Å². The minimum Gasteiger partial charge on any atom is -0.300 e. The topological polar surface area (TPSA) is 17.1 Å². The molecule has 3 heteroatoms. The van der Waals surface area contributed by atoms with E-state index in [-0.39, 0.29) is 0 Å². The van der Waals surface area contributed by atoms with Gasteiger partial charge < -0.3 is 4.79 Å². The Bertz CT molecular complexity index is 303. The molecule has 1 aliphatic carbocycles. The van der Waals surface area contributed by atoms with Crippen molar-refractivity contribution >= 4 is 21.6 Å². The van der Waals surface area contributed by atoms with Crippen LogP contribution < -0.4 is 0 Å². The minimum absolute atomic E-state index is 0.525. The molecule has 0 amide bonds. The zero-order chi connectivity index (χ0) is 11.9. The van der Waals surface area contributed by atoms with Crippen LogP contribution in [0.2, 0.25) is 39.3 Å². The van der Waals surface area contributed by atoms with Crippen molar-refractivity contribution < 1.29 is 4.79 Å². The summed E-state index contributed by atoms with van der Waals surface area (Å²) in [6.07, 6.45) is 3.47. The number of rotatable bonds is 3. The van der Waals surface area contributed by atoms with E-state index in [1.165, 1.54) is 18.4 Å². The van der Waals surface area contributed by atoms with Gasteiger partial charge in [0.2, 0.25) is 0 Å². The molecule has 0 aromatic rings. The molecule has 0 N–H and O–H groups in total. The van der Waals surface area contributed by atoms with Gasteiger partial charge in [0, 0.05) is 0 Å². The van der Waals surface area contributed by atoms with E-state index in [0.29, 0.717) is 5.41 Å². The third kappa shape index (κ3) is 2.91. The first-order chi connectivity index (χ1) is 6.64. The molecular formula is C12H24OSi2. The van der Waals surface area contributed by atoms with Gasteiger partial charge in [-0.25, -0.2) is 0 Å². The van der Waals surface area contributed by atoms with Gasteiger partial charge in [0.15, 0.2) is 0 Å². The highest BCUT2D eigenvalue weighted by molar-refractivity contribution is 7.05. The van der Waals surface area contributed by atoms with Crippen molar-refractivity contribution in [1.29, 1.82) is 0 Å². The highest BCUT2D eigenvalue weighted by Crippen LogP contribution is 2.34. The maximum absolute atomic E-state index is 12.4. The molecule has 0 aromatic carbocycles. The average Bonchev–Trinajstić information content (AvgIpc) is 2.47. The summed E-state index contributed by atoms with van der Waals surface area (Å²) >= 11 is 0. The number of carbonyl (C=O) groups is 1. The Balaban J connectivity index is 3.08. The molecule has 0 saturated carbocycles. The van der Waals surface area contributed by atoms with E-state index in [4.69, 9.17) is 0 Å². The summed E-state index contributed by atoms with van der Waals surface area (Å²) in [5.74, 6) is 0. The van der Waals surface area contributed by atoms with Crippen LogP contribution in [0.25, 0.3) is 0 Å². The quantitative estimate of drug-likeness (QED) is 0.686. The van der Waals surface area contributed by atoms with Gasteiger partial charge in [0.05, 0.1) is 8.07 Å². The molecule has 0 fully saturated rings. The Hall–Kier alpha value is -0.156. The maximum atomic E-state index is 12.4. The van der Waals surface area contributed by atoms with Crippen LogP contribution in [0.5, 0.6) is 0 Å². The number of hydrogen-bond donors (Lipinski definition) is 0. The largest absolute Gasteiger partial charge is 0.300 e. The number of hydrogen-bond acceptors (Lipinski definition) is 1. The van der Waals surface area contributed by atoms with Crippen LogP contribution >= 0.6 is 0 Å². The monoisotopic (exact) mass is 240 g/mol. The zero-order valence-electron chi connectivity index (χ0n) is 11.0. The van der Waals surface area contributed by atoms with E-state index >= 15 is 0 Å². The molecule has 86 valence electrons. The maximum Gasteiger partial charge on any atom is 0.135 e. The lowest BCUT2D eigenvalue weighted by Gasteiger charge is -2.23. The first-order valence-corrected chi connectivity index (χ1v) is 12.9. The van der Waals surface area contributed by atoms with Crippen LogP contribution in [0.1, 0.15) is 19.3 Å². The third-order valence-electron chi connectivity index (χ3n) is 3.08. The predicted octanol–water partition coefficient (Wildman–Crippen LogP) is 3.79. The average molecular weight is 240 g/mol. The smallest absolute Gasteiger partial charge is 0.135 e. The van der Waals surface area contributed by atoms with Crippen LogP contribution in [0.4, 0.5) is 0 Å². The molecule has 0 spiro atoms. The van der Waals surface area contributed by atoms with Crippen LogP contribution in [0.3, 0.4) is 0 Å². The predicted molar refractivity (Wildman–Crippen MR) is 72.6 cm³/mol. The van der Waals surface area contributed by atoms with Crippen molar-refractivity contribution in [3.8, 4) is 0 Å². The van der Waals surface area contributed by atoms with Gasteiger partial charge in [-0.3, -0.25) is 0 Å². The summed E-state index contributed by atoms with van der Waals surface area (Å²) in [7, 11) is -2.87. The van der Waals surface area contributed by atoms with Crippen LogP contribution in [0.15, 0.2) is 10.8 Å². The zero-order valence-corrected chi connectivity index (χ0v) is 13.0. The summed E-state index contributed by atoms with van der Waals surface area (Å²) in [5.41, 5.74) is 1.24. The molecule has 0 aliphatic heterocycles. The van der Waals surface area contributed by atoms with Gasteiger partial charge in [-0.05, 0) is 24.8 Å². The van der Waals surface area contributed by atoms with Gasteiger partial charge in [-0.15, -0.1) is 0 Å². The summed E-state index contributed by atoms with van der Waals surface area (Å²) in [4.78, 5) is 12.4. The molecule has 0 aromatic heterocycles. The van der Waals surface area contributed by atoms with E-state index in [2.05, 4.69) is 39.3 Å². The molecule has 0 radical (unpaired) electrons. The Labute approximate surface area is 96.0 Å². The number of allylic oxidation sites excluding steroid dienone is 2. The Morgan fingerprint density at radius 3 is 1.93 bits per heavy atom. The summed E-state index contributed by atoms with van der Waals surface area (Å²) < 4.78 is 0. The Morgan fingerprint density at radius 2 is 1.53 bits per heavy atom. The fourth-order valence-corrected chi connectivity index (χ4v) is 5.65. The van der Waals surface area contributed by atoms with Crippen LogP contribution in [0, 0.1) is 0 Å². The second kappa shape index (κ2) is 4.02. The fourth-order valence-electron chi connectivity index (χ4n) is 2.27. The molecule has 1 aliphatic rings. The standard InChI is InChI=1S/C12H24OSi2/c1-14(2,3)11-9-7-8-10(11)12(13)15(4,5)6/h7-9H2,1-6H3. The van der Waals surface area contributed by atoms with Gasteiger partial charge in [0.25, 0.3) is 0 Å². The van der Waals surface area contributed by atoms with Gasteiger partial charge >= 0.3 is 0 Å². The third-order valence-corrected chi connectivity index (χ3v) is 7.11. The van der Waals surface area contributed by atoms with Crippen molar-refractivity contribution in [1.82, 2.24) is 0 Å². The fraction of sp³-hybridized carbons (Fsp3) is 0.750. The van der Waals surface area contributed by atoms with Gasteiger partial charge in [-0.1, -0.05) is 44.5 Å². The second-order valence-corrected chi connectivity index (χ2v) is 16.7. The Morgan fingerprint density at radius 1 is 1.00 bits per heavy atom. The molecule has 0 atom stereocenters. The van der Waals surface area contributed by atoms with Crippen molar-refractivity contribution in [2.75, 3.05) is 0 Å². The lowest BCUT2D eigenvalue weighted by atomic mass is 10.3. The first kappa shape index (κ1) is 12.9. The van der Waals surface area contributed by atoms with E-state index in [0.717, 1.165) is 6.42 Å². The van der Waals surface area contributed by atoms with Gasteiger partial charge in [0.1, 0.15) is 13.5 Å². The van der Waals surface area contributed by atoms with Crippen LogP contribution in [-0.2, 0) is 4.79 Å². The van der Waals surface area contributed by atoms with E-state index < -0.39 is 16.1 Å². The molecule has 15 heavy (non-hydrogen) atoms. The van der Waals surface area contributed by atoms with E-state index in [1.807, 2.05) is 0 Å². The van der Waals surface area contributed by atoms with E-state index in [9.17, 15) is 4.79 Å². The molecule has 0 saturated heterocycles. The second-order valence-electron chi connectivity index (χ2n) is 6.64. The lowest BCUT2D eigenvalue weighted by molar-refractivity contribution is -0.109. The molecular weight excluding hydrogens is 216 g/mol. The lowest BCUT2D eigenvalue weighted by Crippen LogP contribution is -2.36. The normalized spacial score (nSPS) is 18.5.